The van der Waals surface area contributed by atoms with Gasteiger partial charge in [-0.15, -0.1) is 0 Å². The summed E-state index contributed by atoms with van der Waals surface area (Å²) >= 11 is 0. The highest BCUT2D eigenvalue weighted by molar-refractivity contribution is 6.39. The molecule has 0 aliphatic carbocycles. The fourth-order valence-corrected chi connectivity index (χ4v) is 2.10. The Balaban J connectivity index is 1.65. The summed E-state index contributed by atoms with van der Waals surface area (Å²) in [6.45, 7) is 1.76. The van der Waals surface area contributed by atoms with Crippen LogP contribution in [-0.4, -0.2) is 47.2 Å². The zero-order valence-corrected chi connectivity index (χ0v) is 11.7. The van der Waals surface area contributed by atoms with Crippen molar-refractivity contribution in [1.29, 1.82) is 0 Å². The minimum Gasteiger partial charge on any atom is -0.348 e. The van der Waals surface area contributed by atoms with Crippen LogP contribution in [0, 0.1) is 0 Å². The van der Waals surface area contributed by atoms with Crippen molar-refractivity contribution in [2.45, 2.75) is 19.3 Å². The standard InChI is InChI=1S/C14H18N4O3/c19-12-6-3-9-18(12)10-4-8-16-13(20)14(21)17-11-5-1-2-7-15-11/h1-2,5,7H,3-4,6,8-10H2,(H,16,20)(H,15,17,21). The van der Waals surface area contributed by atoms with Gasteiger partial charge in [-0.25, -0.2) is 4.98 Å². The summed E-state index contributed by atoms with van der Waals surface area (Å²) < 4.78 is 0. The van der Waals surface area contributed by atoms with E-state index in [1.165, 1.54) is 6.20 Å². The highest BCUT2D eigenvalue weighted by Gasteiger charge is 2.19. The van der Waals surface area contributed by atoms with Crippen molar-refractivity contribution in [3.63, 3.8) is 0 Å². The second-order valence-electron chi connectivity index (χ2n) is 4.76. The van der Waals surface area contributed by atoms with E-state index in [0.29, 0.717) is 31.7 Å². The maximum absolute atomic E-state index is 11.6. The lowest BCUT2D eigenvalue weighted by Gasteiger charge is -2.15. The average molecular weight is 290 g/mol. The van der Waals surface area contributed by atoms with Gasteiger partial charge >= 0.3 is 11.8 Å². The monoisotopic (exact) mass is 290 g/mol. The third-order valence-corrected chi connectivity index (χ3v) is 3.17. The summed E-state index contributed by atoms with van der Waals surface area (Å²) in [7, 11) is 0. The molecular weight excluding hydrogens is 272 g/mol. The van der Waals surface area contributed by atoms with Gasteiger partial charge < -0.3 is 15.5 Å². The maximum Gasteiger partial charge on any atom is 0.314 e. The SMILES string of the molecule is O=C(NCCCN1CCCC1=O)C(=O)Nc1ccccn1. The van der Waals surface area contributed by atoms with E-state index in [4.69, 9.17) is 0 Å². The molecule has 3 amide bonds. The number of nitrogens with one attached hydrogen (secondary N) is 2. The molecule has 2 rings (SSSR count). The van der Waals surface area contributed by atoms with Gasteiger partial charge in [0.15, 0.2) is 0 Å². The number of hydrogen-bond donors (Lipinski definition) is 2. The van der Waals surface area contributed by atoms with Crippen LogP contribution in [0.1, 0.15) is 19.3 Å². The Kier molecular flexibility index (Phi) is 5.25. The van der Waals surface area contributed by atoms with Gasteiger partial charge in [-0.1, -0.05) is 6.07 Å². The molecule has 0 unspecified atom stereocenters. The molecule has 0 aromatic carbocycles. The van der Waals surface area contributed by atoms with Crippen molar-refractivity contribution in [1.82, 2.24) is 15.2 Å². The highest BCUT2D eigenvalue weighted by atomic mass is 16.2. The van der Waals surface area contributed by atoms with Crippen LogP contribution >= 0.6 is 0 Å². The molecule has 7 heteroatoms. The van der Waals surface area contributed by atoms with Gasteiger partial charge in [0.1, 0.15) is 5.82 Å². The lowest BCUT2D eigenvalue weighted by atomic mass is 10.3. The summed E-state index contributed by atoms with van der Waals surface area (Å²) in [5, 5.41) is 4.93. The van der Waals surface area contributed by atoms with Gasteiger partial charge in [0, 0.05) is 32.3 Å². The summed E-state index contributed by atoms with van der Waals surface area (Å²) in [4.78, 5) is 40.2. The Labute approximate surface area is 122 Å². The molecule has 1 fully saturated rings. The van der Waals surface area contributed by atoms with Crippen LogP contribution < -0.4 is 10.6 Å². The number of pyridine rings is 1. The molecule has 2 N–H and O–H groups in total. The Morgan fingerprint density at radius 2 is 2.14 bits per heavy atom. The Morgan fingerprint density at radius 3 is 2.81 bits per heavy atom. The Hall–Kier alpha value is -2.44. The normalized spacial score (nSPS) is 14.1. The van der Waals surface area contributed by atoms with E-state index in [0.717, 1.165) is 13.0 Å². The number of hydrogen-bond acceptors (Lipinski definition) is 4. The van der Waals surface area contributed by atoms with Crippen molar-refractivity contribution in [2.24, 2.45) is 0 Å². The molecule has 0 radical (unpaired) electrons. The van der Waals surface area contributed by atoms with Crippen LogP contribution in [0.4, 0.5) is 5.82 Å². The van der Waals surface area contributed by atoms with Gasteiger partial charge in [-0.3, -0.25) is 14.4 Å². The van der Waals surface area contributed by atoms with Crippen molar-refractivity contribution in [3.8, 4) is 0 Å². The summed E-state index contributed by atoms with van der Waals surface area (Å²) in [6.07, 6.45) is 3.67. The summed E-state index contributed by atoms with van der Waals surface area (Å²) in [5.74, 6) is -0.950. The molecule has 1 saturated heterocycles. The first-order chi connectivity index (χ1) is 10.2. The van der Waals surface area contributed by atoms with Crippen molar-refractivity contribution in [3.05, 3.63) is 24.4 Å². The number of carbonyl (C=O) groups excluding carboxylic acids is 3. The van der Waals surface area contributed by atoms with Crippen LogP contribution in [0.2, 0.25) is 0 Å². The first kappa shape index (κ1) is 15.0. The third kappa shape index (κ3) is 4.55. The zero-order chi connectivity index (χ0) is 15.1. The lowest BCUT2D eigenvalue weighted by Crippen LogP contribution is -2.37. The lowest BCUT2D eigenvalue weighted by molar-refractivity contribution is -0.136. The molecule has 7 nitrogen and oxygen atoms in total. The van der Waals surface area contributed by atoms with Gasteiger partial charge in [0.25, 0.3) is 0 Å². The first-order valence-corrected chi connectivity index (χ1v) is 6.95. The summed E-state index contributed by atoms with van der Waals surface area (Å²) in [6, 6.07) is 5.03. The second-order valence-corrected chi connectivity index (χ2v) is 4.76. The molecule has 0 spiro atoms. The van der Waals surface area contributed by atoms with Crippen molar-refractivity contribution >= 4 is 23.5 Å². The fourth-order valence-electron chi connectivity index (χ4n) is 2.10. The molecule has 0 saturated carbocycles. The van der Waals surface area contributed by atoms with Crippen LogP contribution in [0.3, 0.4) is 0 Å². The van der Waals surface area contributed by atoms with E-state index >= 15 is 0 Å². The number of rotatable bonds is 5. The molecule has 1 aliphatic heterocycles. The van der Waals surface area contributed by atoms with E-state index in [9.17, 15) is 14.4 Å². The number of carbonyl (C=O) groups is 3. The van der Waals surface area contributed by atoms with Gasteiger partial charge in [0.05, 0.1) is 0 Å². The largest absolute Gasteiger partial charge is 0.348 e. The number of nitrogens with zero attached hydrogens (tertiary/aromatic N) is 2. The first-order valence-electron chi connectivity index (χ1n) is 6.95. The van der Waals surface area contributed by atoms with E-state index in [1.807, 2.05) is 0 Å². The zero-order valence-electron chi connectivity index (χ0n) is 11.7. The maximum atomic E-state index is 11.6. The number of anilines is 1. The predicted octanol–water partition coefficient (Wildman–Crippen LogP) is 0.149. The third-order valence-electron chi connectivity index (χ3n) is 3.17. The number of amides is 3. The summed E-state index contributed by atoms with van der Waals surface area (Å²) in [5.41, 5.74) is 0. The van der Waals surface area contributed by atoms with Crippen molar-refractivity contribution in [2.75, 3.05) is 25.0 Å². The Bertz CT molecular complexity index is 518. The van der Waals surface area contributed by atoms with Gasteiger partial charge in [-0.2, -0.15) is 0 Å². The smallest absolute Gasteiger partial charge is 0.314 e. The molecule has 112 valence electrons. The molecule has 1 aliphatic rings. The molecule has 21 heavy (non-hydrogen) atoms. The second kappa shape index (κ2) is 7.37. The average Bonchev–Trinajstić information content (AvgIpc) is 2.90. The minimum absolute atomic E-state index is 0.161. The van der Waals surface area contributed by atoms with Gasteiger partial charge in [0.2, 0.25) is 5.91 Å². The molecule has 2 heterocycles. The van der Waals surface area contributed by atoms with E-state index in [-0.39, 0.29) is 5.91 Å². The molecule has 0 bridgehead atoms. The topological polar surface area (TPSA) is 91.4 Å². The molecule has 1 aromatic rings. The highest BCUT2D eigenvalue weighted by Crippen LogP contribution is 2.09. The van der Waals surface area contributed by atoms with Gasteiger partial charge in [-0.05, 0) is 25.0 Å². The van der Waals surface area contributed by atoms with E-state index in [2.05, 4.69) is 15.6 Å². The predicted molar refractivity (Wildman–Crippen MR) is 76.3 cm³/mol. The molecule has 0 atom stereocenters. The van der Waals surface area contributed by atoms with Crippen LogP contribution in [0.15, 0.2) is 24.4 Å². The number of aromatic nitrogens is 1. The van der Waals surface area contributed by atoms with E-state index < -0.39 is 11.8 Å². The van der Waals surface area contributed by atoms with Crippen LogP contribution in [0.5, 0.6) is 0 Å². The Morgan fingerprint density at radius 1 is 1.29 bits per heavy atom. The number of likely N-dealkylation sites (tertiary alicyclic amines) is 1. The quantitative estimate of drug-likeness (QED) is 0.596. The molecular formula is C14H18N4O3. The van der Waals surface area contributed by atoms with E-state index in [1.54, 1.807) is 23.1 Å². The fraction of sp³-hybridized carbons (Fsp3) is 0.429. The van der Waals surface area contributed by atoms with Crippen LogP contribution in [0.25, 0.3) is 0 Å². The molecule has 1 aromatic heterocycles. The van der Waals surface area contributed by atoms with Crippen LogP contribution in [-0.2, 0) is 14.4 Å². The minimum atomic E-state index is -0.744. The van der Waals surface area contributed by atoms with Crippen molar-refractivity contribution < 1.29 is 14.4 Å².